The topological polar surface area (TPSA) is 119 Å². The minimum atomic E-state index is -0.513. The Balaban J connectivity index is 2.22. The summed E-state index contributed by atoms with van der Waals surface area (Å²) >= 11 is 0. The summed E-state index contributed by atoms with van der Waals surface area (Å²) in [6.45, 7) is 4.03. The van der Waals surface area contributed by atoms with Crippen LogP contribution in [0.1, 0.15) is 26.2 Å². The highest BCUT2D eigenvalue weighted by Gasteiger charge is 2.30. The van der Waals surface area contributed by atoms with Crippen LogP contribution in [0.2, 0.25) is 0 Å². The van der Waals surface area contributed by atoms with Gasteiger partial charge in [0.2, 0.25) is 11.6 Å². The molecular weight excluding hydrogens is 276 g/mol. The number of piperidine rings is 1. The first-order valence-electron chi connectivity index (χ1n) is 7.00. The second-order valence-electron chi connectivity index (χ2n) is 4.88. The fourth-order valence-corrected chi connectivity index (χ4v) is 2.43. The maximum Gasteiger partial charge on any atom is 0.354 e. The van der Waals surface area contributed by atoms with Gasteiger partial charge in [-0.1, -0.05) is 6.92 Å². The van der Waals surface area contributed by atoms with E-state index in [0.29, 0.717) is 19.7 Å². The number of anilines is 2. The second-order valence-corrected chi connectivity index (χ2v) is 4.88. The van der Waals surface area contributed by atoms with Crippen LogP contribution in [-0.2, 0) is 4.74 Å². The van der Waals surface area contributed by atoms with Crippen LogP contribution in [0.25, 0.3) is 0 Å². The van der Waals surface area contributed by atoms with E-state index in [1.54, 1.807) is 0 Å². The van der Waals surface area contributed by atoms with Crippen LogP contribution in [0.4, 0.5) is 17.3 Å². The molecule has 1 aliphatic heterocycles. The normalized spacial score (nSPS) is 18.6. The minimum absolute atomic E-state index is 0.0154. The third kappa shape index (κ3) is 3.56. The van der Waals surface area contributed by atoms with Crippen LogP contribution < -0.4 is 16.2 Å². The van der Waals surface area contributed by atoms with Crippen molar-refractivity contribution in [1.29, 1.82) is 0 Å². The third-order valence-electron chi connectivity index (χ3n) is 3.36. The fourth-order valence-electron chi connectivity index (χ4n) is 2.43. The highest BCUT2D eigenvalue weighted by Crippen LogP contribution is 2.32. The molecule has 1 fully saturated rings. The Morgan fingerprint density at radius 3 is 3.10 bits per heavy atom. The standard InChI is InChI=1S/C12H20N6O3/c1-2-6-21-9-4-3-5-17(7-9)12-10(18(19)20)11(16-13)14-8-15-12/h8-9H,2-7,13H2,1H3,(H,14,15,16). The highest BCUT2D eigenvalue weighted by molar-refractivity contribution is 5.70. The van der Waals surface area contributed by atoms with Gasteiger partial charge in [-0.15, -0.1) is 0 Å². The van der Waals surface area contributed by atoms with Crippen molar-refractivity contribution in [3.63, 3.8) is 0 Å². The Morgan fingerprint density at radius 2 is 2.43 bits per heavy atom. The Kier molecular flexibility index (Phi) is 5.23. The molecule has 116 valence electrons. The van der Waals surface area contributed by atoms with Gasteiger partial charge in [0.15, 0.2) is 0 Å². The van der Waals surface area contributed by atoms with Crippen molar-refractivity contribution >= 4 is 17.3 Å². The quantitative estimate of drug-likeness (QED) is 0.454. The third-order valence-corrected chi connectivity index (χ3v) is 3.36. The summed E-state index contributed by atoms with van der Waals surface area (Å²) in [6.07, 6.45) is 4.15. The zero-order valence-electron chi connectivity index (χ0n) is 12.0. The van der Waals surface area contributed by atoms with E-state index in [9.17, 15) is 10.1 Å². The lowest BCUT2D eigenvalue weighted by Gasteiger charge is -2.33. The number of hydrazine groups is 1. The number of rotatable bonds is 6. The van der Waals surface area contributed by atoms with E-state index >= 15 is 0 Å². The molecule has 1 aromatic heterocycles. The molecule has 3 N–H and O–H groups in total. The summed E-state index contributed by atoms with van der Waals surface area (Å²) in [5.74, 6) is 5.59. The fraction of sp³-hybridized carbons (Fsp3) is 0.667. The summed E-state index contributed by atoms with van der Waals surface area (Å²) in [5.41, 5.74) is 2.05. The van der Waals surface area contributed by atoms with Gasteiger partial charge in [-0.25, -0.2) is 15.8 Å². The molecule has 1 saturated heterocycles. The van der Waals surface area contributed by atoms with Crippen LogP contribution in [0.15, 0.2) is 6.33 Å². The van der Waals surface area contributed by atoms with Crippen molar-refractivity contribution in [1.82, 2.24) is 9.97 Å². The zero-order valence-corrected chi connectivity index (χ0v) is 12.0. The molecule has 0 radical (unpaired) electrons. The molecule has 0 aromatic carbocycles. The molecule has 0 bridgehead atoms. The lowest BCUT2D eigenvalue weighted by molar-refractivity contribution is -0.383. The van der Waals surface area contributed by atoms with Crippen molar-refractivity contribution in [3.8, 4) is 0 Å². The van der Waals surface area contributed by atoms with E-state index in [-0.39, 0.29) is 23.4 Å². The van der Waals surface area contributed by atoms with Gasteiger partial charge < -0.3 is 15.1 Å². The van der Waals surface area contributed by atoms with Crippen LogP contribution in [0, 0.1) is 10.1 Å². The van der Waals surface area contributed by atoms with E-state index in [4.69, 9.17) is 10.6 Å². The maximum atomic E-state index is 11.3. The van der Waals surface area contributed by atoms with E-state index < -0.39 is 4.92 Å². The van der Waals surface area contributed by atoms with E-state index in [1.165, 1.54) is 6.33 Å². The lowest BCUT2D eigenvalue weighted by atomic mass is 10.1. The average molecular weight is 296 g/mol. The van der Waals surface area contributed by atoms with Crippen molar-refractivity contribution < 1.29 is 9.66 Å². The number of nitro groups is 1. The summed E-state index contributed by atoms with van der Waals surface area (Å²) in [7, 11) is 0. The molecular formula is C12H20N6O3. The largest absolute Gasteiger partial charge is 0.376 e. The van der Waals surface area contributed by atoms with E-state index in [1.807, 2.05) is 4.90 Å². The van der Waals surface area contributed by atoms with Gasteiger partial charge in [0, 0.05) is 19.7 Å². The number of nitrogens with two attached hydrogens (primary N) is 1. The zero-order chi connectivity index (χ0) is 15.2. The number of hydrogen-bond acceptors (Lipinski definition) is 8. The number of ether oxygens (including phenoxy) is 1. The molecule has 0 amide bonds. The van der Waals surface area contributed by atoms with Crippen LogP contribution in [-0.4, -0.2) is 40.7 Å². The molecule has 9 nitrogen and oxygen atoms in total. The monoisotopic (exact) mass is 296 g/mol. The Labute approximate surface area is 122 Å². The highest BCUT2D eigenvalue weighted by atomic mass is 16.6. The van der Waals surface area contributed by atoms with Gasteiger partial charge in [-0.3, -0.25) is 10.1 Å². The molecule has 1 atom stereocenters. The molecule has 1 aromatic rings. The molecule has 0 spiro atoms. The van der Waals surface area contributed by atoms with Crippen LogP contribution in [0.3, 0.4) is 0 Å². The Bertz CT molecular complexity index is 498. The SMILES string of the molecule is CCCOC1CCCN(c2ncnc(NN)c2[N+](=O)[O-])C1. The van der Waals surface area contributed by atoms with Crippen molar-refractivity contribution in [2.45, 2.75) is 32.3 Å². The van der Waals surface area contributed by atoms with Gasteiger partial charge >= 0.3 is 5.69 Å². The molecule has 9 heteroatoms. The first-order valence-corrected chi connectivity index (χ1v) is 7.00. The summed E-state index contributed by atoms with van der Waals surface area (Å²) in [5, 5.41) is 11.3. The molecule has 0 saturated carbocycles. The van der Waals surface area contributed by atoms with Gasteiger partial charge in [-0.2, -0.15) is 0 Å². The van der Waals surface area contributed by atoms with Gasteiger partial charge in [-0.05, 0) is 19.3 Å². The predicted molar refractivity (Wildman–Crippen MR) is 78.0 cm³/mol. The van der Waals surface area contributed by atoms with Gasteiger partial charge in [0.25, 0.3) is 0 Å². The Morgan fingerprint density at radius 1 is 1.62 bits per heavy atom. The van der Waals surface area contributed by atoms with Gasteiger partial charge in [0.05, 0.1) is 11.0 Å². The number of nitrogens with zero attached hydrogens (tertiary/aromatic N) is 4. The number of hydrogen-bond donors (Lipinski definition) is 2. The lowest BCUT2D eigenvalue weighted by Crippen LogP contribution is -2.40. The van der Waals surface area contributed by atoms with E-state index in [0.717, 1.165) is 19.3 Å². The van der Waals surface area contributed by atoms with Crippen molar-refractivity contribution in [3.05, 3.63) is 16.4 Å². The number of nitrogens with one attached hydrogen (secondary N) is 1. The molecule has 2 rings (SSSR count). The van der Waals surface area contributed by atoms with Crippen LogP contribution >= 0.6 is 0 Å². The Hall–Kier alpha value is -2.00. The van der Waals surface area contributed by atoms with E-state index in [2.05, 4.69) is 22.3 Å². The smallest absolute Gasteiger partial charge is 0.354 e. The van der Waals surface area contributed by atoms with Gasteiger partial charge in [0.1, 0.15) is 6.33 Å². The second kappa shape index (κ2) is 7.14. The summed E-state index contributed by atoms with van der Waals surface area (Å²) < 4.78 is 5.75. The average Bonchev–Trinajstić information content (AvgIpc) is 2.52. The molecule has 2 heterocycles. The minimum Gasteiger partial charge on any atom is -0.376 e. The molecule has 0 aliphatic carbocycles. The summed E-state index contributed by atoms with van der Waals surface area (Å²) in [4.78, 5) is 20.5. The number of aromatic nitrogens is 2. The molecule has 1 aliphatic rings. The van der Waals surface area contributed by atoms with Crippen molar-refractivity contribution in [2.75, 3.05) is 30.0 Å². The predicted octanol–water partition coefficient (Wildman–Crippen LogP) is 1.07. The molecule has 21 heavy (non-hydrogen) atoms. The maximum absolute atomic E-state index is 11.3. The first-order chi connectivity index (χ1) is 10.2. The first kappa shape index (κ1) is 15.4. The number of nitrogen functional groups attached to an aromatic ring is 1. The van der Waals surface area contributed by atoms with Crippen LogP contribution in [0.5, 0.6) is 0 Å². The van der Waals surface area contributed by atoms with Crippen molar-refractivity contribution in [2.24, 2.45) is 5.84 Å². The summed E-state index contributed by atoms with van der Waals surface area (Å²) in [6, 6.07) is 0. The molecule has 1 unspecified atom stereocenters.